The minimum atomic E-state index is -1.39. The highest BCUT2D eigenvalue weighted by Gasteiger charge is 2.66. The molecule has 0 aromatic heterocycles. The van der Waals surface area contributed by atoms with Crippen molar-refractivity contribution in [2.75, 3.05) is 6.54 Å². The lowest BCUT2D eigenvalue weighted by atomic mass is 9.55. The van der Waals surface area contributed by atoms with E-state index in [-0.39, 0.29) is 76.7 Å². The standard InChI is InChI=1S/C48H73N11O8/c1-23(60)22-55-38(67)16-17-45(6)29(18-35(52)64)43-48(9)47(8,21-37(54)66)28(12-15-34(51)63)40(59-48)25(3)42-46(7,20-36(53)65)26(10-13-32(49)61)30(56-42)19-31-44(4,5)27(11-14-33(50)62)39(57-31)24(2)41(45)58-43/h19,23,26-29,43,56,60H,10-18,20-22H2,1-9H3,(H2,49,61)(H2,50,62)(H2,51,63)(H2,52,64)(H2,53,65)(H2,54,66)(H,55,67)/b30-19-,39-24-,42-25?/t23-,26+,27+,28+,29-,43?,45+,46-,47-,48-/m0/s1. The van der Waals surface area contributed by atoms with E-state index in [2.05, 4.69) is 10.6 Å². The Kier molecular flexibility index (Phi) is 14.9. The first-order chi connectivity index (χ1) is 30.9. The molecule has 15 N–H and O–H groups in total. The molecule has 7 amide bonds. The molecule has 5 aliphatic rings. The fourth-order valence-corrected chi connectivity index (χ4v) is 12.3. The molecule has 0 spiro atoms. The first-order valence-corrected chi connectivity index (χ1v) is 23.3. The summed E-state index contributed by atoms with van der Waals surface area (Å²) >= 11 is 0. The van der Waals surface area contributed by atoms with Crippen molar-refractivity contribution in [3.8, 4) is 0 Å². The van der Waals surface area contributed by atoms with Crippen molar-refractivity contribution in [1.82, 2.24) is 10.6 Å². The van der Waals surface area contributed by atoms with Gasteiger partial charge in [0.25, 0.3) is 0 Å². The van der Waals surface area contributed by atoms with E-state index in [0.29, 0.717) is 51.8 Å². The minimum absolute atomic E-state index is 0.0237. The number of aliphatic hydroxyl groups excluding tert-OH is 1. The maximum absolute atomic E-state index is 13.5. The van der Waals surface area contributed by atoms with Crippen LogP contribution >= 0.6 is 0 Å². The third kappa shape index (κ3) is 9.84. The molecular weight excluding hydrogens is 859 g/mol. The van der Waals surface area contributed by atoms with Gasteiger partial charge in [-0.15, -0.1) is 0 Å². The summed E-state index contributed by atoms with van der Waals surface area (Å²) in [5.41, 5.74) is 34.9. The minimum Gasteiger partial charge on any atom is -0.392 e. The first-order valence-electron chi connectivity index (χ1n) is 23.3. The van der Waals surface area contributed by atoms with Crippen molar-refractivity contribution in [3.63, 3.8) is 0 Å². The van der Waals surface area contributed by atoms with Gasteiger partial charge in [-0.25, -0.2) is 0 Å². The van der Waals surface area contributed by atoms with Crippen molar-refractivity contribution >= 4 is 58.5 Å². The Balaban J connectivity index is 2.00. The lowest BCUT2D eigenvalue weighted by Crippen LogP contribution is -2.56. The van der Waals surface area contributed by atoms with Gasteiger partial charge in [-0.2, -0.15) is 0 Å². The fraction of sp³-hybridized carbons (Fsp3) is 0.667. The van der Waals surface area contributed by atoms with Gasteiger partial charge in [0, 0.05) is 131 Å². The summed E-state index contributed by atoms with van der Waals surface area (Å²) in [7, 11) is 0. The number of aliphatic imine (C=N–C) groups is 3. The number of amides is 7. The van der Waals surface area contributed by atoms with Gasteiger partial charge in [-0.05, 0) is 70.6 Å². The maximum atomic E-state index is 13.5. The summed E-state index contributed by atoms with van der Waals surface area (Å²) in [6.07, 6.45) is 1.23. The number of hydrogen-bond donors (Lipinski definition) is 9. The molecule has 10 atom stereocenters. The van der Waals surface area contributed by atoms with Crippen molar-refractivity contribution < 1.29 is 38.7 Å². The van der Waals surface area contributed by atoms with Gasteiger partial charge in [0.1, 0.15) is 0 Å². The van der Waals surface area contributed by atoms with E-state index >= 15 is 0 Å². The molecule has 67 heavy (non-hydrogen) atoms. The summed E-state index contributed by atoms with van der Waals surface area (Å²) in [5, 5.41) is 16.4. The Morgan fingerprint density at radius 1 is 0.731 bits per heavy atom. The lowest BCUT2D eigenvalue weighted by molar-refractivity contribution is -0.124. The highest BCUT2D eigenvalue weighted by molar-refractivity contribution is 6.10. The van der Waals surface area contributed by atoms with Crippen LogP contribution in [0.4, 0.5) is 0 Å². The molecule has 1 fully saturated rings. The van der Waals surface area contributed by atoms with E-state index in [4.69, 9.17) is 49.4 Å². The summed E-state index contributed by atoms with van der Waals surface area (Å²) in [6.45, 7) is 16.9. The van der Waals surface area contributed by atoms with Gasteiger partial charge in [0.2, 0.25) is 41.4 Å². The Bertz CT molecular complexity index is 2310. The molecule has 0 aromatic rings. The number of fused-ring (bicyclic) bond motifs is 6. The van der Waals surface area contributed by atoms with Crippen LogP contribution < -0.4 is 45.0 Å². The average molecular weight is 932 g/mol. The molecule has 0 aliphatic carbocycles. The topological polar surface area (TPSA) is 357 Å². The van der Waals surface area contributed by atoms with Gasteiger partial charge < -0.3 is 50.1 Å². The van der Waals surface area contributed by atoms with Crippen LogP contribution in [-0.4, -0.2) is 87.8 Å². The van der Waals surface area contributed by atoms with Crippen LogP contribution in [0, 0.1) is 45.3 Å². The summed E-state index contributed by atoms with van der Waals surface area (Å²) < 4.78 is 0. The number of carbonyl (C=O) groups is 7. The van der Waals surface area contributed by atoms with Crippen LogP contribution in [-0.2, 0) is 33.6 Å². The zero-order valence-corrected chi connectivity index (χ0v) is 40.6. The third-order valence-electron chi connectivity index (χ3n) is 16.1. The van der Waals surface area contributed by atoms with Gasteiger partial charge in [-0.3, -0.25) is 48.5 Å². The molecule has 0 aromatic carbocycles. The predicted molar refractivity (Wildman–Crippen MR) is 254 cm³/mol. The second-order valence-electron chi connectivity index (χ2n) is 21.2. The Morgan fingerprint density at radius 2 is 1.28 bits per heavy atom. The molecule has 1 unspecified atom stereocenters. The van der Waals surface area contributed by atoms with Gasteiger partial charge in [0.15, 0.2) is 0 Å². The largest absolute Gasteiger partial charge is 0.392 e. The van der Waals surface area contributed by atoms with Crippen molar-refractivity contribution in [3.05, 3.63) is 34.3 Å². The molecule has 0 radical (unpaired) electrons. The number of primary amides is 6. The Labute approximate surface area is 393 Å². The molecule has 5 rings (SSSR count). The van der Waals surface area contributed by atoms with E-state index in [0.717, 1.165) is 0 Å². The summed E-state index contributed by atoms with van der Waals surface area (Å²) in [5.74, 6) is -6.25. The summed E-state index contributed by atoms with van der Waals surface area (Å²) in [6, 6.07) is -0.913. The molecule has 19 nitrogen and oxygen atoms in total. The molecule has 5 heterocycles. The third-order valence-corrected chi connectivity index (χ3v) is 16.1. The van der Waals surface area contributed by atoms with Crippen LogP contribution in [0.2, 0.25) is 0 Å². The molecule has 368 valence electrons. The first kappa shape index (κ1) is 52.3. The van der Waals surface area contributed by atoms with E-state index in [9.17, 15) is 38.7 Å². The second kappa shape index (κ2) is 19.1. The fourth-order valence-electron chi connectivity index (χ4n) is 12.3. The van der Waals surface area contributed by atoms with Crippen LogP contribution in [0.3, 0.4) is 0 Å². The summed E-state index contributed by atoms with van der Waals surface area (Å²) in [4.78, 5) is 108. The zero-order valence-electron chi connectivity index (χ0n) is 40.6. The molecule has 5 aliphatic heterocycles. The number of nitrogens with two attached hydrogens (primary N) is 6. The number of nitrogens with one attached hydrogen (secondary N) is 2. The molecular formula is C48H73N11O8. The van der Waals surface area contributed by atoms with Crippen LogP contribution in [0.5, 0.6) is 0 Å². The van der Waals surface area contributed by atoms with E-state index in [1.165, 1.54) is 0 Å². The average Bonchev–Trinajstić information content (AvgIpc) is 3.80. The van der Waals surface area contributed by atoms with Gasteiger partial charge in [0.05, 0.1) is 17.7 Å². The lowest BCUT2D eigenvalue weighted by Gasteiger charge is -2.48. The van der Waals surface area contributed by atoms with Crippen LogP contribution in [0.15, 0.2) is 49.3 Å². The number of hydrogen-bond acceptors (Lipinski definition) is 12. The second-order valence-corrected chi connectivity index (χ2v) is 21.2. The van der Waals surface area contributed by atoms with E-state index in [1.54, 1.807) is 6.92 Å². The molecule has 1 saturated heterocycles. The van der Waals surface area contributed by atoms with Crippen molar-refractivity contribution in [2.45, 2.75) is 151 Å². The number of allylic oxidation sites excluding steroid dienone is 6. The Morgan fingerprint density at radius 3 is 1.81 bits per heavy atom. The quantitative estimate of drug-likeness (QED) is 0.0857. The van der Waals surface area contributed by atoms with Gasteiger partial charge >= 0.3 is 0 Å². The van der Waals surface area contributed by atoms with Gasteiger partial charge in [-0.1, -0.05) is 34.6 Å². The van der Waals surface area contributed by atoms with E-state index in [1.807, 2.05) is 61.5 Å². The number of aliphatic hydroxyl groups is 1. The molecule has 0 saturated carbocycles. The number of rotatable bonds is 20. The van der Waals surface area contributed by atoms with Crippen LogP contribution in [0.25, 0.3) is 0 Å². The predicted octanol–water partition coefficient (Wildman–Crippen LogP) is 1.74. The van der Waals surface area contributed by atoms with Crippen molar-refractivity contribution in [2.24, 2.45) is 94.7 Å². The van der Waals surface area contributed by atoms with Crippen LogP contribution in [0.1, 0.15) is 133 Å². The highest BCUT2D eigenvalue weighted by Crippen LogP contribution is 2.62. The normalized spacial score (nSPS) is 34.1. The SMILES string of the molecule is CC1=C2N/C(=C\C3=NC(=C(/C)C4=NC([C@H](CC(N)=O)[C@@]4(C)CCC(=O)NC[C@H](C)O)[C@]4(C)N=C1[C@@H](CCC(N)=O)[C@]4(C)CC(N)=O)/[C@@H](CCC(N)=O)C3(C)C)[C@@H](CCC(N)=O)[C@]2(C)CC(N)=O. The Hall–Kier alpha value is -5.72. The zero-order chi connectivity index (χ0) is 50.4. The molecule has 8 bridgehead atoms. The smallest absolute Gasteiger partial charge is 0.220 e. The maximum Gasteiger partial charge on any atom is 0.220 e. The highest BCUT2D eigenvalue weighted by atomic mass is 16.3. The van der Waals surface area contributed by atoms with Crippen molar-refractivity contribution in [1.29, 1.82) is 0 Å². The number of nitrogens with zero attached hydrogens (tertiary/aromatic N) is 3. The number of carbonyl (C=O) groups excluding carboxylic acids is 7. The molecule has 19 heteroatoms. The van der Waals surface area contributed by atoms with E-state index < -0.39 is 98.5 Å². The monoisotopic (exact) mass is 932 g/mol.